The standard InChI is InChI=1S/C12H20IN3/c1-4-7-9-11(13)12(14-8-5-2)16-10(6-3)15-9/h4-8H2,1-3H3,(H,14,15,16). The largest absolute Gasteiger partial charge is 0.369 e. The molecule has 0 radical (unpaired) electrons. The van der Waals surface area contributed by atoms with Gasteiger partial charge in [-0.3, -0.25) is 0 Å². The van der Waals surface area contributed by atoms with Crippen molar-refractivity contribution in [3.05, 3.63) is 15.1 Å². The number of nitrogens with one attached hydrogen (secondary N) is 1. The quantitative estimate of drug-likeness (QED) is 0.811. The summed E-state index contributed by atoms with van der Waals surface area (Å²) >= 11 is 2.35. The van der Waals surface area contributed by atoms with E-state index in [0.717, 1.165) is 43.9 Å². The fourth-order valence-electron chi connectivity index (χ4n) is 1.47. The molecule has 1 rings (SSSR count). The van der Waals surface area contributed by atoms with Gasteiger partial charge < -0.3 is 5.32 Å². The zero-order chi connectivity index (χ0) is 12.0. The van der Waals surface area contributed by atoms with Crippen LogP contribution in [0.5, 0.6) is 0 Å². The van der Waals surface area contributed by atoms with Gasteiger partial charge >= 0.3 is 0 Å². The molecule has 90 valence electrons. The third-order valence-electron chi connectivity index (χ3n) is 2.31. The van der Waals surface area contributed by atoms with Gasteiger partial charge in [0, 0.05) is 13.0 Å². The van der Waals surface area contributed by atoms with Crippen LogP contribution in [0, 0.1) is 3.57 Å². The van der Waals surface area contributed by atoms with Gasteiger partial charge in [-0.15, -0.1) is 0 Å². The van der Waals surface area contributed by atoms with Gasteiger partial charge in [0.25, 0.3) is 0 Å². The van der Waals surface area contributed by atoms with Crippen LogP contribution in [-0.4, -0.2) is 16.5 Å². The minimum atomic E-state index is 0.897. The van der Waals surface area contributed by atoms with Crippen LogP contribution in [0.4, 0.5) is 5.82 Å². The summed E-state index contributed by atoms with van der Waals surface area (Å²) in [6, 6.07) is 0. The highest BCUT2D eigenvalue weighted by Gasteiger charge is 2.10. The molecule has 0 aliphatic rings. The molecule has 0 aliphatic carbocycles. The van der Waals surface area contributed by atoms with E-state index in [1.807, 2.05) is 0 Å². The van der Waals surface area contributed by atoms with Crippen molar-refractivity contribution in [3.8, 4) is 0 Å². The summed E-state index contributed by atoms with van der Waals surface area (Å²) in [5.41, 5.74) is 1.19. The summed E-state index contributed by atoms with van der Waals surface area (Å²) in [5, 5.41) is 3.38. The van der Waals surface area contributed by atoms with Crippen LogP contribution in [0.15, 0.2) is 0 Å². The van der Waals surface area contributed by atoms with Crippen molar-refractivity contribution >= 4 is 28.4 Å². The molecule has 16 heavy (non-hydrogen) atoms. The number of aryl methyl sites for hydroxylation is 2. The summed E-state index contributed by atoms with van der Waals surface area (Å²) in [6.07, 6.45) is 4.18. The van der Waals surface area contributed by atoms with Crippen molar-refractivity contribution in [3.63, 3.8) is 0 Å². The Morgan fingerprint density at radius 1 is 1.12 bits per heavy atom. The molecule has 1 heterocycles. The van der Waals surface area contributed by atoms with Crippen LogP contribution in [0.25, 0.3) is 0 Å². The normalized spacial score (nSPS) is 10.5. The Balaban J connectivity index is 2.99. The molecule has 0 aromatic carbocycles. The molecule has 0 saturated heterocycles. The van der Waals surface area contributed by atoms with Crippen molar-refractivity contribution in [1.82, 2.24) is 9.97 Å². The van der Waals surface area contributed by atoms with E-state index in [1.54, 1.807) is 0 Å². The molecule has 0 unspecified atom stereocenters. The lowest BCUT2D eigenvalue weighted by molar-refractivity contribution is 0.822. The van der Waals surface area contributed by atoms with E-state index in [4.69, 9.17) is 0 Å². The van der Waals surface area contributed by atoms with E-state index >= 15 is 0 Å². The minimum Gasteiger partial charge on any atom is -0.369 e. The number of rotatable bonds is 6. The van der Waals surface area contributed by atoms with Crippen LogP contribution >= 0.6 is 22.6 Å². The first-order valence-electron chi connectivity index (χ1n) is 6.02. The predicted molar refractivity (Wildman–Crippen MR) is 76.9 cm³/mol. The first kappa shape index (κ1) is 13.7. The van der Waals surface area contributed by atoms with Crippen molar-refractivity contribution in [2.75, 3.05) is 11.9 Å². The van der Waals surface area contributed by atoms with Gasteiger partial charge in [0.05, 0.1) is 9.26 Å². The van der Waals surface area contributed by atoms with Crippen LogP contribution in [0.3, 0.4) is 0 Å². The average molecular weight is 333 g/mol. The van der Waals surface area contributed by atoms with Crippen molar-refractivity contribution in [2.45, 2.75) is 46.5 Å². The Hall–Kier alpha value is -0.390. The Kier molecular flexibility index (Phi) is 6.01. The summed E-state index contributed by atoms with van der Waals surface area (Å²) in [5.74, 6) is 1.96. The highest BCUT2D eigenvalue weighted by Crippen LogP contribution is 2.20. The number of aromatic nitrogens is 2. The van der Waals surface area contributed by atoms with Crippen LogP contribution in [0.1, 0.15) is 45.1 Å². The summed E-state index contributed by atoms with van der Waals surface area (Å²) < 4.78 is 1.19. The number of anilines is 1. The first-order valence-corrected chi connectivity index (χ1v) is 7.09. The maximum Gasteiger partial charge on any atom is 0.143 e. The Morgan fingerprint density at radius 3 is 2.44 bits per heavy atom. The molecule has 1 N–H and O–H groups in total. The topological polar surface area (TPSA) is 37.8 Å². The second-order valence-corrected chi connectivity index (χ2v) is 4.86. The molecule has 1 aromatic heterocycles. The van der Waals surface area contributed by atoms with E-state index in [9.17, 15) is 0 Å². The highest BCUT2D eigenvalue weighted by atomic mass is 127. The summed E-state index contributed by atoms with van der Waals surface area (Å²) in [4.78, 5) is 9.13. The number of hydrogen-bond donors (Lipinski definition) is 1. The third kappa shape index (κ3) is 3.57. The van der Waals surface area contributed by atoms with E-state index in [2.05, 4.69) is 58.6 Å². The van der Waals surface area contributed by atoms with Gasteiger partial charge in [-0.25, -0.2) is 9.97 Å². The minimum absolute atomic E-state index is 0.897. The SMILES string of the molecule is CCCNc1nc(CC)nc(CCC)c1I. The third-order valence-corrected chi connectivity index (χ3v) is 3.45. The lowest BCUT2D eigenvalue weighted by Gasteiger charge is -2.11. The lowest BCUT2D eigenvalue weighted by Crippen LogP contribution is -2.10. The van der Waals surface area contributed by atoms with E-state index < -0.39 is 0 Å². The number of nitrogens with zero attached hydrogens (tertiary/aromatic N) is 2. The smallest absolute Gasteiger partial charge is 0.143 e. The maximum atomic E-state index is 4.59. The monoisotopic (exact) mass is 333 g/mol. The molecule has 0 amide bonds. The highest BCUT2D eigenvalue weighted by molar-refractivity contribution is 14.1. The predicted octanol–water partition coefficient (Wildman–Crippen LogP) is 3.42. The average Bonchev–Trinajstić information content (AvgIpc) is 2.30. The molecular weight excluding hydrogens is 313 g/mol. The zero-order valence-corrected chi connectivity index (χ0v) is 12.5. The first-order chi connectivity index (χ1) is 7.72. The molecule has 3 nitrogen and oxygen atoms in total. The molecule has 0 spiro atoms. The molecule has 0 aliphatic heterocycles. The lowest BCUT2D eigenvalue weighted by atomic mass is 10.2. The van der Waals surface area contributed by atoms with Crippen LogP contribution in [0.2, 0.25) is 0 Å². The maximum absolute atomic E-state index is 4.59. The van der Waals surface area contributed by atoms with Crippen molar-refractivity contribution in [2.24, 2.45) is 0 Å². The van der Waals surface area contributed by atoms with Crippen LogP contribution in [-0.2, 0) is 12.8 Å². The number of halogens is 1. The van der Waals surface area contributed by atoms with Gasteiger partial charge in [0.15, 0.2) is 0 Å². The molecule has 1 aromatic rings. The van der Waals surface area contributed by atoms with Crippen LogP contribution < -0.4 is 5.32 Å². The summed E-state index contributed by atoms with van der Waals surface area (Å²) in [6.45, 7) is 7.42. The van der Waals surface area contributed by atoms with Crippen molar-refractivity contribution < 1.29 is 0 Å². The fraction of sp³-hybridized carbons (Fsp3) is 0.667. The molecule has 4 heteroatoms. The molecular formula is C12H20IN3. The second-order valence-electron chi connectivity index (χ2n) is 3.78. The van der Waals surface area contributed by atoms with Gasteiger partial charge in [-0.05, 0) is 35.4 Å². The van der Waals surface area contributed by atoms with E-state index in [-0.39, 0.29) is 0 Å². The van der Waals surface area contributed by atoms with Gasteiger partial charge in [0.2, 0.25) is 0 Å². The molecule has 0 atom stereocenters. The number of hydrogen-bond acceptors (Lipinski definition) is 3. The Morgan fingerprint density at radius 2 is 1.88 bits per heavy atom. The Labute approximate surface area is 112 Å². The van der Waals surface area contributed by atoms with E-state index in [1.165, 1.54) is 9.26 Å². The molecule has 0 saturated carbocycles. The molecule has 0 fully saturated rings. The van der Waals surface area contributed by atoms with Gasteiger partial charge in [-0.1, -0.05) is 27.2 Å². The van der Waals surface area contributed by atoms with E-state index in [0.29, 0.717) is 0 Å². The van der Waals surface area contributed by atoms with Gasteiger partial charge in [0.1, 0.15) is 11.6 Å². The van der Waals surface area contributed by atoms with Crippen molar-refractivity contribution in [1.29, 1.82) is 0 Å². The zero-order valence-electron chi connectivity index (χ0n) is 10.3. The fourth-order valence-corrected chi connectivity index (χ4v) is 2.17. The molecule has 0 bridgehead atoms. The Bertz CT molecular complexity index is 339. The van der Waals surface area contributed by atoms with Gasteiger partial charge in [-0.2, -0.15) is 0 Å². The summed E-state index contributed by atoms with van der Waals surface area (Å²) in [7, 11) is 0. The second kappa shape index (κ2) is 7.04.